The zero-order chi connectivity index (χ0) is 18.0. The van der Waals surface area contributed by atoms with Crippen molar-refractivity contribution in [3.8, 4) is 16.9 Å². The highest BCUT2D eigenvalue weighted by atomic mass is 16.5. The van der Waals surface area contributed by atoms with Crippen molar-refractivity contribution < 1.29 is 29.9 Å². The predicted molar refractivity (Wildman–Crippen MR) is 91.2 cm³/mol. The van der Waals surface area contributed by atoms with E-state index in [1.165, 1.54) is 0 Å². The number of aliphatic hydroxyl groups is 4. The lowest BCUT2D eigenvalue weighted by atomic mass is 9.90. The molecular formula is C19H22O6. The summed E-state index contributed by atoms with van der Waals surface area (Å²) >= 11 is 0. The largest absolute Gasteiger partial charge is 0.497 e. The number of hydrogen-bond donors (Lipinski definition) is 4. The molecule has 0 bridgehead atoms. The van der Waals surface area contributed by atoms with Crippen LogP contribution in [0, 0.1) is 0 Å². The highest BCUT2D eigenvalue weighted by Gasteiger charge is 2.43. The minimum Gasteiger partial charge on any atom is -0.497 e. The third kappa shape index (κ3) is 3.53. The van der Waals surface area contributed by atoms with Crippen LogP contribution >= 0.6 is 0 Å². The smallest absolute Gasteiger partial charge is 0.118 e. The van der Waals surface area contributed by atoms with Crippen molar-refractivity contribution in [1.82, 2.24) is 0 Å². The minimum atomic E-state index is -1.39. The van der Waals surface area contributed by atoms with Crippen molar-refractivity contribution in [3.05, 3.63) is 54.1 Å². The monoisotopic (exact) mass is 346 g/mol. The van der Waals surface area contributed by atoms with Gasteiger partial charge in [0.1, 0.15) is 36.3 Å². The lowest BCUT2D eigenvalue weighted by Crippen LogP contribution is -2.55. The molecule has 1 aliphatic rings. The second kappa shape index (κ2) is 7.51. The highest BCUT2D eigenvalue weighted by molar-refractivity contribution is 5.65. The Balaban J connectivity index is 1.89. The van der Waals surface area contributed by atoms with E-state index in [0.29, 0.717) is 5.56 Å². The Morgan fingerprint density at radius 3 is 2.28 bits per heavy atom. The fourth-order valence-electron chi connectivity index (χ4n) is 3.06. The van der Waals surface area contributed by atoms with Gasteiger partial charge in [-0.3, -0.25) is 0 Å². The molecule has 0 aliphatic carbocycles. The lowest BCUT2D eigenvalue weighted by molar-refractivity contribution is -0.231. The molecule has 0 radical (unpaired) electrons. The molecular weight excluding hydrogens is 324 g/mol. The summed E-state index contributed by atoms with van der Waals surface area (Å²) in [6, 6.07) is 14.9. The van der Waals surface area contributed by atoms with Crippen LogP contribution in [-0.2, 0) is 4.74 Å². The van der Waals surface area contributed by atoms with E-state index in [4.69, 9.17) is 9.47 Å². The van der Waals surface area contributed by atoms with Crippen molar-refractivity contribution in [1.29, 1.82) is 0 Å². The highest BCUT2D eigenvalue weighted by Crippen LogP contribution is 2.34. The van der Waals surface area contributed by atoms with Crippen LogP contribution in [0.3, 0.4) is 0 Å². The summed E-state index contributed by atoms with van der Waals surface area (Å²) in [4.78, 5) is 0. The predicted octanol–water partition coefficient (Wildman–Crippen LogP) is 0.877. The fraction of sp³-hybridized carbons (Fsp3) is 0.368. The maximum Gasteiger partial charge on any atom is 0.118 e. The summed E-state index contributed by atoms with van der Waals surface area (Å²) in [6.07, 6.45) is -5.80. The van der Waals surface area contributed by atoms with Gasteiger partial charge in [0.2, 0.25) is 0 Å². The van der Waals surface area contributed by atoms with Gasteiger partial charge in [0.15, 0.2) is 0 Å². The lowest BCUT2D eigenvalue weighted by Gasteiger charge is -2.40. The SMILES string of the molecule is COc1ccc(-c2cccc([C@@H]3O[C@H](CO)[C@@H](O)[C@H](O)[C@H]3O)c2)cc1. The Kier molecular flexibility index (Phi) is 5.36. The molecule has 0 unspecified atom stereocenters. The average molecular weight is 346 g/mol. The molecule has 2 aromatic carbocycles. The van der Waals surface area contributed by atoms with Crippen molar-refractivity contribution >= 4 is 0 Å². The summed E-state index contributed by atoms with van der Waals surface area (Å²) in [7, 11) is 1.61. The number of aliphatic hydroxyl groups excluding tert-OH is 4. The van der Waals surface area contributed by atoms with Crippen LogP contribution in [0.15, 0.2) is 48.5 Å². The van der Waals surface area contributed by atoms with Crippen LogP contribution in [0.2, 0.25) is 0 Å². The third-order valence-corrected chi connectivity index (χ3v) is 4.53. The zero-order valence-corrected chi connectivity index (χ0v) is 13.8. The van der Waals surface area contributed by atoms with E-state index in [0.717, 1.165) is 16.9 Å². The Morgan fingerprint density at radius 2 is 1.64 bits per heavy atom. The molecule has 6 nitrogen and oxygen atoms in total. The van der Waals surface area contributed by atoms with Gasteiger partial charge in [-0.05, 0) is 34.9 Å². The van der Waals surface area contributed by atoms with E-state index in [2.05, 4.69) is 0 Å². The maximum absolute atomic E-state index is 10.3. The number of methoxy groups -OCH3 is 1. The van der Waals surface area contributed by atoms with E-state index < -0.39 is 37.1 Å². The van der Waals surface area contributed by atoms with Gasteiger partial charge < -0.3 is 29.9 Å². The molecule has 1 aliphatic heterocycles. The van der Waals surface area contributed by atoms with Gasteiger partial charge in [0.25, 0.3) is 0 Å². The van der Waals surface area contributed by atoms with Gasteiger partial charge >= 0.3 is 0 Å². The Bertz CT molecular complexity index is 699. The summed E-state index contributed by atoms with van der Waals surface area (Å²) in [6.45, 7) is -0.445. The van der Waals surface area contributed by atoms with Crippen molar-refractivity contribution in [2.45, 2.75) is 30.5 Å². The Morgan fingerprint density at radius 1 is 0.920 bits per heavy atom. The van der Waals surface area contributed by atoms with E-state index in [1.807, 2.05) is 42.5 Å². The number of rotatable bonds is 4. The minimum absolute atomic E-state index is 0.445. The van der Waals surface area contributed by atoms with Crippen molar-refractivity contribution in [2.75, 3.05) is 13.7 Å². The van der Waals surface area contributed by atoms with Gasteiger partial charge in [-0.1, -0.05) is 30.3 Å². The van der Waals surface area contributed by atoms with Crippen molar-refractivity contribution in [3.63, 3.8) is 0 Å². The van der Waals surface area contributed by atoms with E-state index in [-0.39, 0.29) is 0 Å². The van der Waals surface area contributed by atoms with Crippen molar-refractivity contribution in [2.24, 2.45) is 0 Å². The molecule has 2 aromatic rings. The van der Waals surface area contributed by atoms with Gasteiger partial charge in [0.05, 0.1) is 13.7 Å². The molecule has 0 spiro atoms. The zero-order valence-electron chi connectivity index (χ0n) is 13.8. The summed E-state index contributed by atoms with van der Waals surface area (Å²) in [5.41, 5.74) is 2.54. The molecule has 4 N–H and O–H groups in total. The molecule has 1 fully saturated rings. The molecule has 0 amide bonds. The van der Waals surface area contributed by atoms with Gasteiger partial charge in [-0.2, -0.15) is 0 Å². The van der Waals surface area contributed by atoms with E-state index in [1.54, 1.807) is 13.2 Å². The molecule has 6 heteroatoms. The molecule has 1 saturated heterocycles. The molecule has 3 rings (SSSR count). The summed E-state index contributed by atoms with van der Waals surface area (Å²) in [5, 5.41) is 39.5. The molecule has 134 valence electrons. The quantitative estimate of drug-likeness (QED) is 0.656. The Hall–Kier alpha value is -1.96. The van der Waals surface area contributed by atoms with E-state index in [9.17, 15) is 20.4 Å². The van der Waals surface area contributed by atoms with E-state index >= 15 is 0 Å². The molecule has 25 heavy (non-hydrogen) atoms. The second-order valence-electron chi connectivity index (χ2n) is 6.10. The first-order chi connectivity index (χ1) is 12.0. The van der Waals surface area contributed by atoms with Crippen LogP contribution in [0.25, 0.3) is 11.1 Å². The standard InChI is InChI=1S/C19H22O6/c1-24-14-7-5-11(6-8-14)12-3-2-4-13(9-12)19-18(23)17(22)16(21)15(10-20)25-19/h2-9,15-23H,10H2,1H3/t15-,16-,17+,18-,19+/m1/s1. The molecule has 5 atom stereocenters. The van der Waals surface area contributed by atoms with Gasteiger partial charge in [-0.15, -0.1) is 0 Å². The maximum atomic E-state index is 10.3. The topological polar surface area (TPSA) is 99.4 Å². The van der Waals surface area contributed by atoms with Crippen LogP contribution in [0.1, 0.15) is 11.7 Å². The molecule has 0 aromatic heterocycles. The first-order valence-corrected chi connectivity index (χ1v) is 8.10. The molecule has 0 saturated carbocycles. The average Bonchev–Trinajstić information content (AvgIpc) is 2.66. The van der Waals surface area contributed by atoms with Crippen LogP contribution < -0.4 is 4.74 Å². The summed E-state index contributed by atoms with van der Waals surface area (Å²) in [5.74, 6) is 0.758. The fourth-order valence-corrected chi connectivity index (χ4v) is 3.06. The second-order valence-corrected chi connectivity index (χ2v) is 6.10. The Labute approximate surface area is 145 Å². The summed E-state index contributed by atoms with van der Waals surface area (Å²) < 4.78 is 10.8. The first kappa shape index (κ1) is 17.8. The van der Waals surface area contributed by atoms with Gasteiger partial charge in [0, 0.05) is 0 Å². The van der Waals surface area contributed by atoms with Crippen LogP contribution in [0.5, 0.6) is 5.75 Å². The molecule has 1 heterocycles. The third-order valence-electron chi connectivity index (χ3n) is 4.53. The number of hydrogen-bond acceptors (Lipinski definition) is 6. The number of benzene rings is 2. The normalized spacial score (nSPS) is 29.4. The van der Waals surface area contributed by atoms with Crippen LogP contribution in [-0.4, -0.2) is 58.6 Å². The first-order valence-electron chi connectivity index (χ1n) is 8.10. The van der Waals surface area contributed by atoms with Crippen LogP contribution in [0.4, 0.5) is 0 Å². The number of ether oxygens (including phenoxy) is 2. The van der Waals surface area contributed by atoms with Gasteiger partial charge in [-0.25, -0.2) is 0 Å².